The molecule has 0 amide bonds. The Morgan fingerprint density at radius 3 is 1.53 bits per heavy atom. The van der Waals surface area contributed by atoms with Gasteiger partial charge in [-0.15, -0.1) is 0 Å². The summed E-state index contributed by atoms with van der Waals surface area (Å²) in [5.74, 6) is 0. The average Bonchev–Trinajstić information content (AvgIpc) is 3.86. The maximum absolute atomic E-state index is 6.73. The first-order valence-corrected chi connectivity index (χ1v) is 20.2. The monoisotopic (exact) mass is 752 g/mol. The molecule has 0 saturated carbocycles. The van der Waals surface area contributed by atoms with Crippen molar-refractivity contribution in [1.29, 1.82) is 0 Å². The lowest BCUT2D eigenvalue weighted by Crippen LogP contribution is -2.10. The molecule has 12 aromatic rings. The minimum Gasteiger partial charge on any atom is -0.455 e. The van der Waals surface area contributed by atoms with Gasteiger partial charge in [0.2, 0.25) is 0 Å². The van der Waals surface area contributed by atoms with E-state index in [-0.39, 0.29) is 0 Å². The molecule has 3 nitrogen and oxygen atoms in total. The van der Waals surface area contributed by atoms with Gasteiger partial charge in [0.15, 0.2) is 0 Å². The molecular weight excluding hydrogens is 717 g/mol. The van der Waals surface area contributed by atoms with Crippen molar-refractivity contribution >= 4 is 82.4 Å². The molecule has 59 heavy (non-hydrogen) atoms. The van der Waals surface area contributed by atoms with Crippen LogP contribution in [-0.2, 0) is 0 Å². The summed E-state index contributed by atoms with van der Waals surface area (Å²) in [6.07, 6.45) is 0. The Bertz CT molecular complexity index is 3500. The lowest BCUT2D eigenvalue weighted by atomic mass is 10.00. The summed E-state index contributed by atoms with van der Waals surface area (Å²) in [6, 6.07) is 78.6. The van der Waals surface area contributed by atoms with Gasteiger partial charge in [0.25, 0.3) is 0 Å². The Balaban J connectivity index is 0.975. The number of furan rings is 1. The molecule has 3 heteroatoms. The van der Waals surface area contributed by atoms with Crippen LogP contribution in [0, 0.1) is 0 Å². The van der Waals surface area contributed by atoms with Crippen LogP contribution in [0.2, 0.25) is 0 Å². The molecule has 0 unspecified atom stereocenters. The first-order valence-electron chi connectivity index (χ1n) is 20.2. The molecule has 0 radical (unpaired) electrons. The van der Waals surface area contributed by atoms with Gasteiger partial charge in [-0.1, -0.05) is 164 Å². The Kier molecular flexibility index (Phi) is 7.54. The van der Waals surface area contributed by atoms with Crippen LogP contribution in [-0.4, -0.2) is 4.57 Å². The molecule has 10 aromatic carbocycles. The maximum atomic E-state index is 6.73. The van der Waals surface area contributed by atoms with E-state index in [1.54, 1.807) is 0 Å². The summed E-state index contributed by atoms with van der Waals surface area (Å²) in [6.45, 7) is 0. The van der Waals surface area contributed by atoms with Gasteiger partial charge in [0, 0.05) is 54.8 Å². The van der Waals surface area contributed by atoms with E-state index in [1.807, 2.05) is 0 Å². The second-order valence-corrected chi connectivity index (χ2v) is 15.3. The molecule has 2 heterocycles. The predicted molar refractivity (Wildman–Crippen MR) is 249 cm³/mol. The Morgan fingerprint density at radius 2 is 0.814 bits per heavy atom. The third-order valence-electron chi connectivity index (χ3n) is 12.0. The summed E-state index contributed by atoms with van der Waals surface area (Å²) in [5, 5.41) is 9.49. The zero-order chi connectivity index (χ0) is 38.9. The number of benzene rings is 10. The van der Waals surface area contributed by atoms with Crippen LogP contribution in [0.4, 0.5) is 17.1 Å². The van der Waals surface area contributed by atoms with Crippen LogP contribution in [0.5, 0.6) is 0 Å². The third-order valence-corrected chi connectivity index (χ3v) is 12.0. The number of nitrogens with zero attached hydrogens (tertiary/aromatic N) is 2. The molecule has 0 aliphatic carbocycles. The van der Waals surface area contributed by atoms with Crippen molar-refractivity contribution in [3.05, 3.63) is 218 Å². The van der Waals surface area contributed by atoms with Crippen LogP contribution >= 0.6 is 0 Å². The zero-order valence-corrected chi connectivity index (χ0v) is 32.1. The van der Waals surface area contributed by atoms with Gasteiger partial charge in [-0.25, -0.2) is 0 Å². The number of rotatable bonds is 6. The first kappa shape index (κ1) is 33.3. The maximum Gasteiger partial charge on any atom is 0.143 e. The van der Waals surface area contributed by atoms with Crippen LogP contribution < -0.4 is 4.90 Å². The minimum atomic E-state index is 0.911. The fourth-order valence-electron chi connectivity index (χ4n) is 9.26. The third kappa shape index (κ3) is 5.29. The highest BCUT2D eigenvalue weighted by Gasteiger charge is 2.19. The Labute approximate surface area is 341 Å². The smallest absolute Gasteiger partial charge is 0.143 e. The van der Waals surface area contributed by atoms with Gasteiger partial charge < -0.3 is 13.9 Å². The number of aromatic nitrogens is 1. The molecule has 12 rings (SSSR count). The van der Waals surface area contributed by atoms with Crippen LogP contribution in [0.1, 0.15) is 0 Å². The summed E-state index contributed by atoms with van der Waals surface area (Å²) >= 11 is 0. The fourth-order valence-corrected chi connectivity index (χ4v) is 9.26. The normalized spacial score (nSPS) is 11.7. The first-order chi connectivity index (χ1) is 29.3. The molecule has 0 fully saturated rings. The molecule has 0 aliphatic rings. The van der Waals surface area contributed by atoms with Crippen LogP contribution in [0.25, 0.3) is 93.2 Å². The van der Waals surface area contributed by atoms with Crippen LogP contribution in [0.15, 0.2) is 223 Å². The van der Waals surface area contributed by atoms with Crippen LogP contribution in [0.3, 0.4) is 0 Å². The molecular formula is C56H36N2O. The summed E-state index contributed by atoms with van der Waals surface area (Å²) in [4.78, 5) is 2.38. The molecule has 0 atom stereocenters. The van der Waals surface area contributed by atoms with E-state index in [1.165, 1.54) is 43.5 Å². The van der Waals surface area contributed by atoms with Gasteiger partial charge in [-0.05, 0) is 76.5 Å². The SMILES string of the molecule is c1ccc(-n2c3ccccc3c3ccccc32)c(-c2ccc(N(c3ccc(-c4cccc5c4oc4c6ccccc6ccc54)cc3)c3cccc4ccccc34)cc2)c1. The highest BCUT2D eigenvalue weighted by molar-refractivity contribution is 6.17. The molecule has 0 spiro atoms. The summed E-state index contributed by atoms with van der Waals surface area (Å²) < 4.78 is 9.13. The standard InChI is InChI=1S/C56H36N2O/c1-3-16-43-37(13-1)15-11-26-51(43)57(42-34-29-40(30-35-42)46-21-12-22-49-50-36-31-38-14-2-4-18-45(38)56(50)59-55(46)49)41-32-27-39(28-33-41)44-17-5-8-23-52(44)58-53-24-9-6-19-47(53)48-20-7-10-25-54(48)58/h1-36H. The second kappa shape index (κ2) is 13.4. The van der Waals surface area contributed by atoms with E-state index in [9.17, 15) is 0 Å². The Morgan fingerprint density at radius 1 is 0.322 bits per heavy atom. The molecule has 276 valence electrons. The van der Waals surface area contributed by atoms with Gasteiger partial charge in [-0.3, -0.25) is 0 Å². The van der Waals surface area contributed by atoms with Crippen molar-refractivity contribution in [2.45, 2.75) is 0 Å². The summed E-state index contributed by atoms with van der Waals surface area (Å²) in [7, 11) is 0. The number of hydrogen-bond donors (Lipinski definition) is 0. The van der Waals surface area contributed by atoms with Crippen molar-refractivity contribution in [1.82, 2.24) is 4.57 Å². The van der Waals surface area contributed by atoms with Gasteiger partial charge in [-0.2, -0.15) is 0 Å². The van der Waals surface area contributed by atoms with E-state index in [0.29, 0.717) is 0 Å². The molecule has 0 aliphatic heterocycles. The predicted octanol–water partition coefficient (Wildman–Crippen LogP) is 15.8. The van der Waals surface area contributed by atoms with Gasteiger partial charge >= 0.3 is 0 Å². The van der Waals surface area contributed by atoms with Crippen molar-refractivity contribution in [3.63, 3.8) is 0 Å². The van der Waals surface area contributed by atoms with Crippen molar-refractivity contribution in [3.8, 4) is 27.9 Å². The van der Waals surface area contributed by atoms with Gasteiger partial charge in [0.1, 0.15) is 11.2 Å². The average molecular weight is 753 g/mol. The quantitative estimate of drug-likeness (QED) is 0.169. The van der Waals surface area contributed by atoms with E-state index in [2.05, 4.69) is 228 Å². The number of para-hydroxylation sites is 4. The van der Waals surface area contributed by atoms with Crippen molar-refractivity contribution < 1.29 is 4.42 Å². The summed E-state index contributed by atoms with van der Waals surface area (Å²) in [5.41, 5.74) is 13.2. The highest BCUT2D eigenvalue weighted by Crippen LogP contribution is 2.43. The second-order valence-electron chi connectivity index (χ2n) is 15.3. The largest absolute Gasteiger partial charge is 0.455 e. The lowest BCUT2D eigenvalue weighted by molar-refractivity contribution is 0.674. The van der Waals surface area contributed by atoms with Crippen molar-refractivity contribution in [2.75, 3.05) is 4.90 Å². The molecule has 0 N–H and O–H groups in total. The zero-order valence-electron chi connectivity index (χ0n) is 32.1. The van der Waals surface area contributed by atoms with E-state index in [4.69, 9.17) is 4.42 Å². The molecule has 2 aromatic heterocycles. The fraction of sp³-hybridized carbons (Fsp3) is 0. The number of fused-ring (bicyclic) bond motifs is 9. The van der Waals surface area contributed by atoms with E-state index < -0.39 is 0 Å². The Hall–Kier alpha value is -7.88. The topological polar surface area (TPSA) is 21.3 Å². The van der Waals surface area contributed by atoms with E-state index >= 15 is 0 Å². The lowest BCUT2D eigenvalue weighted by Gasteiger charge is -2.27. The number of anilines is 3. The minimum absolute atomic E-state index is 0.911. The highest BCUT2D eigenvalue weighted by atomic mass is 16.3. The van der Waals surface area contributed by atoms with Gasteiger partial charge in [0.05, 0.1) is 22.4 Å². The molecule has 0 saturated heterocycles. The number of hydrogen-bond acceptors (Lipinski definition) is 2. The van der Waals surface area contributed by atoms with Crippen molar-refractivity contribution in [2.24, 2.45) is 0 Å². The van der Waals surface area contributed by atoms with E-state index in [0.717, 1.165) is 66.8 Å². The molecule has 0 bridgehead atoms.